The van der Waals surface area contributed by atoms with Crippen molar-refractivity contribution >= 4 is 23.8 Å². The predicted molar refractivity (Wildman–Crippen MR) is 162 cm³/mol. The van der Waals surface area contributed by atoms with Gasteiger partial charge in [0.25, 0.3) is 6.43 Å². The summed E-state index contributed by atoms with van der Waals surface area (Å²) < 4.78 is 29.5. The molecule has 2 aromatic carbocycles. The van der Waals surface area contributed by atoms with Gasteiger partial charge in [-0.25, -0.2) is 18.4 Å². The SMILES string of the molecule is CC(C)(C)C.CNC(C(=O)N(C=N)C(CO)c1ccc(Cl)c(-n2ncnc2C(F)F)c1)c1ccc(-c2ccnn2C)cc1. The number of carbonyl (C=O) groups is 1. The van der Waals surface area contributed by atoms with E-state index in [-0.39, 0.29) is 10.7 Å². The van der Waals surface area contributed by atoms with Gasteiger partial charge < -0.3 is 10.4 Å². The van der Waals surface area contributed by atoms with E-state index in [1.807, 2.05) is 25.2 Å². The van der Waals surface area contributed by atoms with E-state index in [2.05, 4.69) is 48.2 Å². The molecule has 2 atom stereocenters. The maximum Gasteiger partial charge on any atom is 0.297 e. The summed E-state index contributed by atoms with van der Waals surface area (Å²) in [6.45, 7) is 8.21. The number of aliphatic hydroxyl groups is 1. The number of rotatable bonds is 10. The number of halogens is 3. The zero-order chi connectivity index (χ0) is 31.9. The van der Waals surface area contributed by atoms with Gasteiger partial charge in [0.05, 0.1) is 35.4 Å². The lowest BCUT2D eigenvalue weighted by Crippen LogP contribution is -2.42. The Balaban J connectivity index is 0.000000934. The zero-order valence-electron chi connectivity index (χ0n) is 25.0. The van der Waals surface area contributed by atoms with Crippen molar-refractivity contribution in [2.24, 2.45) is 12.5 Å². The molecule has 43 heavy (non-hydrogen) atoms. The van der Waals surface area contributed by atoms with Crippen LogP contribution in [0.2, 0.25) is 5.02 Å². The van der Waals surface area contributed by atoms with E-state index < -0.39 is 36.8 Å². The largest absolute Gasteiger partial charge is 0.394 e. The second kappa shape index (κ2) is 14.5. The van der Waals surface area contributed by atoms with E-state index in [0.29, 0.717) is 16.5 Å². The Morgan fingerprint density at radius 1 is 1.12 bits per heavy atom. The van der Waals surface area contributed by atoms with Crippen molar-refractivity contribution in [3.05, 3.63) is 83.0 Å². The minimum atomic E-state index is -2.90. The fraction of sp³-hybridized carbons (Fsp3) is 0.367. The Bertz CT molecular complexity index is 1510. The Hall–Kier alpha value is -4.00. The summed E-state index contributed by atoms with van der Waals surface area (Å²) in [5.41, 5.74) is 3.43. The molecule has 3 N–H and O–H groups in total. The highest BCUT2D eigenvalue weighted by atomic mass is 35.5. The van der Waals surface area contributed by atoms with Gasteiger partial charge >= 0.3 is 0 Å². The predicted octanol–water partition coefficient (Wildman–Crippen LogP) is 5.74. The summed E-state index contributed by atoms with van der Waals surface area (Å²) >= 11 is 6.26. The number of hydrogen-bond acceptors (Lipinski definition) is 7. The van der Waals surface area contributed by atoms with Crippen LogP contribution in [0.4, 0.5) is 8.78 Å². The number of aryl methyl sites for hydroxylation is 1. The number of carbonyl (C=O) groups excluding carboxylic acids is 1. The van der Waals surface area contributed by atoms with Crippen LogP contribution < -0.4 is 5.32 Å². The van der Waals surface area contributed by atoms with Crippen molar-refractivity contribution in [3.8, 4) is 16.9 Å². The molecule has 0 bridgehead atoms. The number of alkyl halides is 2. The van der Waals surface area contributed by atoms with Crippen molar-refractivity contribution in [1.82, 2.24) is 34.8 Å². The number of likely N-dealkylation sites (N-methyl/N-ethyl adjacent to an activating group) is 1. The minimum absolute atomic E-state index is 0.101. The monoisotopic (exact) mass is 614 g/mol. The molecule has 230 valence electrons. The Morgan fingerprint density at radius 2 is 1.74 bits per heavy atom. The van der Waals surface area contributed by atoms with Gasteiger partial charge in [-0.1, -0.05) is 69.6 Å². The summed E-state index contributed by atoms with van der Waals surface area (Å²) in [5.74, 6) is -1.10. The van der Waals surface area contributed by atoms with E-state index in [1.165, 1.54) is 12.1 Å². The maximum absolute atomic E-state index is 13.6. The van der Waals surface area contributed by atoms with Crippen LogP contribution in [0.5, 0.6) is 0 Å². The third-order valence-electron chi connectivity index (χ3n) is 6.15. The highest BCUT2D eigenvalue weighted by Gasteiger charge is 2.30. The van der Waals surface area contributed by atoms with Crippen molar-refractivity contribution < 1.29 is 18.7 Å². The molecular formula is C30H37ClF2N8O2. The van der Waals surface area contributed by atoms with Crippen LogP contribution in [-0.4, -0.2) is 60.5 Å². The molecule has 0 saturated heterocycles. The average Bonchev–Trinajstić information content (AvgIpc) is 3.61. The van der Waals surface area contributed by atoms with Gasteiger partial charge in [0.2, 0.25) is 5.91 Å². The Morgan fingerprint density at radius 3 is 2.26 bits per heavy atom. The molecule has 0 aliphatic rings. The minimum Gasteiger partial charge on any atom is -0.394 e. The van der Waals surface area contributed by atoms with Crippen LogP contribution in [0.3, 0.4) is 0 Å². The number of benzene rings is 2. The fourth-order valence-corrected chi connectivity index (χ4v) is 4.43. The second-order valence-electron chi connectivity index (χ2n) is 11.3. The van der Waals surface area contributed by atoms with Crippen LogP contribution in [0.25, 0.3) is 16.9 Å². The van der Waals surface area contributed by atoms with Gasteiger partial charge in [0.1, 0.15) is 12.4 Å². The molecule has 0 saturated carbocycles. The second-order valence-corrected chi connectivity index (χ2v) is 11.7. The summed E-state index contributed by atoms with van der Waals surface area (Å²) in [5, 5.41) is 29.3. The molecule has 0 fully saturated rings. The molecule has 4 rings (SSSR count). The van der Waals surface area contributed by atoms with E-state index in [9.17, 15) is 18.7 Å². The Labute approximate surface area is 254 Å². The highest BCUT2D eigenvalue weighted by Crippen LogP contribution is 2.31. The van der Waals surface area contributed by atoms with Crippen molar-refractivity contribution in [1.29, 1.82) is 5.41 Å². The van der Waals surface area contributed by atoms with Gasteiger partial charge in [-0.15, -0.1) is 0 Å². The number of hydrogen-bond donors (Lipinski definition) is 3. The third-order valence-corrected chi connectivity index (χ3v) is 6.47. The topological polar surface area (TPSA) is 125 Å². The summed E-state index contributed by atoms with van der Waals surface area (Å²) in [7, 11) is 3.45. The summed E-state index contributed by atoms with van der Waals surface area (Å²) in [6, 6.07) is 11.8. The van der Waals surface area contributed by atoms with Crippen LogP contribution in [-0.2, 0) is 11.8 Å². The quantitative estimate of drug-likeness (QED) is 0.155. The molecular weight excluding hydrogens is 578 g/mol. The first-order valence-electron chi connectivity index (χ1n) is 13.5. The smallest absolute Gasteiger partial charge is 0.297 e. The molecule has 13 heteroatoms. The van der Waals surface area contributed by atoms with E-state index in [0.717, 1.165) is 33.5 Å². The van der Waals surface area contributed by atoms with Crippen molar-refractivity contribution in [3.63, 3.8) is 0 Å². The van der Waals surface area contributed by atoms with Gasteiger partial charge in [0, 0.05) is 13.2 Å². The Kier molecular flexibility index (Phi) is 11.3. The van der Waals surface area contributed by atoms with Crippen LogP contribution >= 0.6 is 11.6 Å². The van der Waals surface area contributed by atoms with Crippen molar-refractivity contribution in [2.45, 2.75) is 46.2 Å². The summed E-state index contributed by atoms with van der Waals surface area (Å²) in [6.07, 6.45) is 0.607. The van der Waals surface area contributed by atoms with Gasteiger partial charge in [-0.2, -0.15) is 10.2 Å². The molecule has 0 spiro atoms. The standard InChI is InChI=1S/C25H25ClF2N8O2.C5H12/c1-30-22(16-5-3-15(4-6-16)19-9-10-32-34(19)2)25(38)35(13-29)21(12-37)17-7-8-18(26)20(11-17)36-24(23(27)28)31-14-33-36;1-5(2,3)4/h3-11,13-14,21-23,29-30,37H,12H2,1-2H3;1-4H3. The summed E-state index contributed by atoms with van der Waals surface area (Å²) in [4.78, 5) is 18.3. The van der Waals surface area contributed by atoms with E-state index >= 15 is 0 Å². The fourth-order valence-electron chi connectivity index (χ4n) is 4.23. The zero-order valence-corrected chi connectivity index (χ0v) is 25.7. The lowest BCUT2D eigenvalue weighted by atomic mass is 10.00. The maximum atomic E-state index is 13.6. The normalized spacial score (nSPS) is 12.8. The molecule has 2 unspecified atom stereocenters. The van der Waals surface area contributed by atoms with E-state index in [1.54, 1.807) is 36.1 Å². The average molecular weight is 615 g/mol. The van der Waals surface area contributed by atoms with Gasteiger partial charge in [-0.05, 0) is 47.4 Å². The highest BCUT2D eigenvalue weighted by molar-refractivity contribution is 6.32. The third kappa shape index (κ3) is 8.31. The van der Waals surface area contributed by atoms with Gasteiger partial charge in [-0.3, -0.25) is 19.8 Å². The van der Waals surface area contributed by atoms with Gasteiger partial charge in [0.15, 0.2) is 5.82 Å². The first-order valence-corrected chi connectivity index (χ1v) is 13.9. The number of nitrogens with one attached hydrogen (secondary N) is 2. The molecule has 2 aromatic heterocycles. The van der Waals surface area contributed by atoms with Crippen LogP contribution in [0.15, 0.2) is 61.1 Å². The molecule has 0 radical (unpaired) electrons. The number of aliphatic hydroxyl groups excluding tert-OH is 1. The number of amides is 1. The van der Waals surface area contributed by atoms with Crippen LogP contribution in [0.1, 0.15) is 63.2 Å². The number of aromatic nitrogens is 5. The molecule has 4 aromatic rings. The lowest BCUT2D eigenvalue weighted by molar-refractivity contribution is -0.131. The first-order chi connectivity index (χ1) is 20.3. The van der Waals surface area contributed by atoms with E-state index in [4.69, 9.17) is 17.0 Å². The van der Waals surface area contributed by atoms with Crippen molar-refractivity contribution in [2.75, 3.05) is 13.7 Å². The first kappa shape index (κ1) is 33.5. The molecule has 2 heterocycles. The molecule has 1 amide bonds. The molecule has 0 aliphatic carbocycles. The molecule has 10 nitrogen and oxygen atoms in total. The number of nitrogens with zero attached hydrogens (tertiary/aromatic N) is 6. The molecule has 0 aliphatic heterocycles. The lowest BCUT2D eigenvalue weighted by Gasteiger charge is -2.30. The van der Waals surface area contributed by atoms with Crippen LogP contribution in [0, 0.1) is 10.8 Å².